The van der Waals surface area contributed by atoms with Gasteiger partial charge in [-0.2, -0.15) is 0 Å². The lowest BCUT2D eigenvalue weighted by atomic mass is 9.63. The molecule has 0 radical (unpaired) electrons. The summed E-state index contributed by atoms with van der Waals surface area (Å²) >= 11 is 0. The molecule has 1 aromatic rings. The second kappa shape index (κ2) is 9.15. The quantitative estimate of drug-likeness (QED) is 0.621. The van der Waals surface area contributed by atoms with Crippen LogP contribution in [-0.4, -0.2) is 37.1 Å². The number of nitrogens with zero attached hydrogens (tertiary/aromatic N) is 1. The summed E-state index contributed by atoms with van der Waals surface area (Å²) in [5.41, 5.74) is 11.7. The molecule has 4 nitrogen and oxygen atoms in total. The van der Waals surface area contributed by atoms with Crippen molar-refractivity contribution in [2.24, 2.45) is 5.73 Å². The Kier molecular flexibility index (Phi) is 6.98. The average Bonchev–Trinajstić information content (AvgIpc) is 2.73. The van der Waals surface area contributed by atoms with Crippen LogP contribution >= 0.6 is 0 Å². The molecule has 2 aliphatic rings. The second-order valence-corrected chi connectivity index (χ2v) is 10.5. The summed E-state index contributed by atoms with van der Waals surface area (Å²) < 4.78 is 0. The minimum absolute atomic E-state index is 0.237. The number of nitrogens with one attached hydrogen (secondary N) is 2. The first-order valence-electron chi connectivity index (χ1n) is 11.6. The van der Waals surface area contributed by atoms with Crippen LogP contribution in [0, 0.1) is 0 Å². The number of nitrogens with two attached hydrogens (primary N) is 1. The number of fused-ring (bicyclic) bond motifs is 1. The summed E-state index contributed by atoms with van der Waals surface area (Å²) in [6.45, 7) is 19.7. The topological polar surface area (TPSA) is 53.3 Å². The standard InChI is InChI=1S/C26H42N4/c1-19(18-29-20(2)30-15-9-22(10-16-30)28-14-13-27)21-7-8-23-24(17-21)26(5,6)12-11-25(23,3)4/h7-8,17-18,22,28-29H,2,9-16,27H2,1,3-6H3/b19-18+. The van der Waals surface area contributed by atoms with Gasteiger partial charge >= 0.3 is 0 Å². The highest BCUT2D eigenvalue weighted by atomic mass is 15.2. The molecule has 1 heterocycles. The van der Waals surface area contributed by atoms with Gasteiger partial charge in [0.25, 0.3) is 0 Å². The number of piperidine rings is 1. The molecular formula is C26H42N4. The maximum Gasteiger partial charge on any atom is 0.0978 e. The molecule has 4 N–H and O–H groups in total. The van der Waals surface area contributed by atoms with E-state index in [-0.39, 0.29) is 10.8 Å². The molecule has 1 aliphatic carbocycles. The zero-order valence-corrected chi connectivity index (χ0v) is 19.8. The Balaban J connectivity index is 1.64. The van der Waals surface area contributed by atoms with E-state index >= 15 is 0 Å². The summed E-state index contributed by atoms with van der Waals surface area (Å²) in [6, 6.07) is 7.64. The van der Waals surface area contributed by atoms with Crippen LogP contribution in [0.4, 0.5) is 0 Å². The monoisotopic (exact) mass is 410 g/mol. The predicted octanol–water partition coefficient (Wildman–Crippen LogP) is 4.47. The zero-order chi connectivity index (χ0) is 21.9. The minimum atomic E-state index is 0.237. The van der Waals surface area contributed by atoms with Crippen LogP contribution in [0.15, 0.2) is 36.8 Å². The van der Waals surface area contributed by atoms with E-state index in [0.717, 1.165) is 38.3 Å². The first-order chi connectivity index (χ1) is 14.1. The van der Waals surface area contributed by atoms with Gasteiger partial charge in [0, 0.05) is 38.4 Å². The third-order valence-corrected chi connectivity index (χ3v) is 7.22. The molecule has 30 heavy (non-hydrogen) atoms. The molecule has 1 saturated heterocycles. The number of hydrogen-bond acceptors (Lipinski definition) is 4. The van der Waals surface area contributed by atoms with Gasteiger partial charge in [0.2, 0.25) is 0 Å². The maximum atomic E-state index is 5.60. The lowest BCUT2D eigenvalue weighted by Crippen LogP contribution is -2.44. The summed E-state index contributed by atoms with van der Waals surface area (Å²) in [5.74, 6) is 0.992. The molecule has 0 amide bonds. The predicted molar refractivity (Wildman–Crippen MR) is 129 cm³/mol. The molecular weight excluding hydrogens is 368 g/mol. The molecule has 0 atom stereocenters. The highest BCUT2D eigenvalue weighted by Crippen LogP contribution is 2.46. The molecule has 1 aliphatic heterocycles. The lowest BCUT2D eigenvalue weighted by molar-refractivity contribution is 0.235. The molecule has 0 bridgehead atoms. The second-order valence-electron chi connectivity index (χ2n) is 10.5. The van der Waals surface area contributed by atoms with E-state index in [4.69, 9.17) is 5.73 Å². The Morgan fingerprint density at radius 1 is 1.13 bits per heavy atom. The Hall–Kier alpha value is -1.78. The van der Waals surface area contributed by atoms with E-state index in [1.165, 1.54) is 35.1 Å². The molecule has 0 unspecified atom stereocenters. The summed E-state index contributed by atoms with van der Waals surface area (Å²) in [6.07, 6.45) is 6.88. The SMILES string of the molecule is C=C(N/C=C(\C)c1ccc2c(c1)C(C)(C)CCC2(C)C)N1CCC(NCCN)CC1. The zero-order valence-electron chi connectivity index (χ0n) is 19.8. The molecule has 0 saturated carbocycles. The van der Waals surface area contributed by atoms with Gasteiger partial charge in [-0.1, -0.05) is 52.5 Å². The van der Waals surface area contributed by atoms with Crippen molar-refractivity contribution >= 4 is 5.57 Å². The van der Waals surface area contributed by atoms with E-state index in [1.807, 2.05) is 0 Å². The number of allylic oxidation sites excluding steroid dienone is 1. The normalized spacial score (nSPS) is 21.3. The number of benzene rings is 1. The molecule has 1 aromatic carbocycles. The van der Waals surface area contributed by atoms with Gasteiger partial charge in [-0.25, -0.2) is 0 Å². The van der Waals surface area contributed by atoms with Crippen LogP contribution in [0.3, 0.4) is 0 Å². The maximum absolute atomic E-state index is 5.60. The van der Waals surface area contributed by atoms with Gasteiger partial charge in [-0.05, 0) is 65.7 Å². The van der Waals surface area contributed by atoms with Crippen LogP contribution in [-0.2, 0) is 10.8 Å². The van der Waals surface area contributed by atoms with Crippen LogP contribution in [0.25, 0.3) is 5.57 Å². The molecule has 1 fully saturated rings. The van der Waals surface area contributed by atoms with Gasteiger partial charge in [0.15, 0.2) is 0 Å². The van der Waals surface area contributed by atoms with E-state index in [2.05, 4.69) is 81.1 Å². The number of rotatable bonds is 7. The summed E-state index contributed by atoms with van der Waals surface area (Å²) in [7, 11) is 0. The largest absolute Gasteiger partial charge is 0.359 e. The van der Waals surface area contributed by atoms with Gasteiger partial charge in [-0.15, -0.1) is 0 Å². The average molecular weight is 411 g/mol. The fraction of sp³-hybridized carbons (Fsp3) is 0.615. The first kappa shape index (κ1) is 22.9. The van der Waals surface area contributed by atoms with E-state index < -0.39 is 0 Å². The van der Waals surface area contributed by atoms with Crippen molar-refractivity contribution in [2.45, 2.75) is 77.2 Å². The van der Waals surface area contributed by atoms with E-state index in [0.29, 0.717) is 12.6 Å². The van der Waals surface area contributed by atoms with Crippen LogP contribution < -0.4 is 16.4 Å². The Morgan fingerprint density at radius 3 is 2.40 bits per heavy atom. The van der Waals surface area contributed by atoms with Crippen molar-refractivity contribution in [3.05, 3.63) is 53.5 Å². The van der Waals surface area contributed by atoms with Crippen molar-refractivity contribution in [1.82, 2.24) is 15.5 Å². The minimum Gasteiger partial charge on any atom is -0.359 e. The molecule has 4 heteroatoms. The van der Waals surface area contributed by atoms with Crippen LogP contribution in [0.2, 0.25) is 0 Å². The van der Waals surface area contributed by atoms with Crippen LogP contribution in [0.5, 0.6) is 0 Å². The smallest absolute Gasteiger partial charge is 0.0978 e. The van der Waals surface area contributed by atoms with Gasteiger partial charge in [-0.3, -0.25) is 0 Å². The molecule has 3 rings (SSSR count). The van der Waals surface area contributed by atoms with Crippen LogP contribution in [0.1, 0.15) is 77.0 Å². The molecule has 166 valence electrons. The van der Waals surface area contributed by atoms with Gasteiger partial charge in [0.05, 0.1) is 5.82 Å². The Morgan fingerprint density at radius 2 is 1.77 bits per heavy atom. The van der Waals surface area contributed by atoms with Gasteiger partial charge in [0.1, 0.15) is 0 Å². The van der Waals surface area contributed by atoms with Crippen molar-refractivity contribution in [1.29, 1.82) is 0 Å². The Labute approximate surface area is 184 Å². The van der Waals surface area contributed by atoms with Crippen molar-refractivity contribution in [3.8, 4) is 0 Å². The van der Waals surface area contributed by atoms with Crippen molar-refractivity contribution in [3.63, 3.8) is 0 Å². The highest BCUT2D eigenvalue weighted by molar-refractivity contribution is 5.65. The third kappa shape index (κ3) is 5.09. The number of hydrogen-bond donors (Lipinski definition) is 3. The summed E-state index contributed by atoms with van der Waals surface area (Å²) in [5, 5.41) is 6.98. The fourth-order valence-electron chi connectivity index (χ4n) is 4.84. The molecule has 0 aromatic heterocycles. The van der Waals surface area contributed by atoms with E-state index in [1.54, 1.807) is 0 Å². The fourth-order valence-corrected chi connectivity index (χ4v) is 4.84. The number of likely N-dealkylation sites (tertiary alicyclic amines) is 1. The van der Waals surface area contributed by atoms with Gasteiger partial charge < -0.3 is 21.3 Å². The van der Waals surface area contributed by atoms with E-state index in [9.17, 15) is 0 Å². The van der Waals surface area contributed by atoms with Crippen molar-refractivity contribution < 1.29 is 0 Å². The Bertz CT molecular complexity index is 782. The highest BCUT2D eigenvalue weighted by Gasteiger charge is 2.36. The summed E-state index contributed by atoms with van der Waals surface area (Å²) in [4.78, 5) is 2.35. The van der Waals surface area contributed by atoms with Crippen molar-refractivity contribution in [2.75, 3.05) is 26.2 Å². The third-order valence-electron chi connectivity index (χ3n) is 7.22. The molecule has 0 spiro atoms. The first-order valence-corrected chi connectivity index (χ1v) is 11.6. The lowest BCUT2D eigenvalue weighted by Gasteiger charge is -2.42.